The third-order valence-electron chi connectivity index (χ3n) is 4.20. The second-order valence-corrected chi connectivity index (χ2v) is 7.67. The standard InChI is InChI=1S/C19H26N4O5/c1-12(25-5)17-21-16(22-28-17)15-10-13(6-8-20-15)26-14-7-9-23(11-14)18(24)27-19(2,3)4/h6,8,10,12,14H,7,9,11H2,1-5H3/t12-,14?/m0/s1. The van der Waals surface area contributed by atoms with Crippen molar-refractivity contribution in [1.29, 1.82) is 0 Å². The molecule has 0 saturated carbocycles. The number of carbonyl (C=O) groups is 1. The van der Waals surface area contributed by atoms with E-state index in [-0.39, 0.29) is 18.3 Å². The van der Waals surface area contributed by atoms with E-state index in [4.69, 9.17) is 18.7 Å². The van der Waals surface area contributed by atoms with Crippen LogP contribution in [0.4, 0.5) is 4.79 Å². The molecule has 2 aromatic rings. The molecule has 3 heterocycles. The lowest BCUT2D eigenvalue weighted by Gasteiger charge is -2.24. The highest BCUT2D eigenvalue weighted by Crippen LogP contribution is 2.24. The number of rotatable bonds is 5. The summed E-state index contributed by atoms with van der Waals surface area (Å²) in [6.45, 7) is 8.45. The van der Waals surface area contributed by atoms with Crippen molar-refractivity contribution in [2.24, 2.45) is 0 Å². The Kier molecular flexibility index (Phi) is 5.83. The van der Waals surface area contributed by atoms with Gasteiger partial charge in [0, 0.05) is 32.3 Å². The summed E-state index contributed by atoms with van der Waals surface area (Å²) < 4.78 is 21.8. The van der Waals surface area contributed by atoms with E-state index in [1.165, 1.54) is 0 Å². The van der Waals surface area contributed by atoms with Crippen molar-refractivity contribution in [2.75, 3.05) is 20.2 Å². The average molecular weight is 390 g/mol. The molecule has 1 unspecified atom stereocenters. The molecule has 0 N–H and O–H groups in total. The van der Waals surface area contributed by atoms with E-state index in [1.807, 2.05) is 27.7 Å². The summed E-state index contributed by atoms with van der Waals surface area (Å²) in [4.78, 5) is 22.4. The largest absolute Gasteiger partial charge is 0.488 e. The molecule has 9 nitrogen and oxygen atoms in total. The first kappa shape index (κ1) is 20.1. The van der Waals surface area contributed by atoms with Crippen molar-refractivity contribution in [3.8, 4) is 17.3 Å². The molecule has 3 rings (SSSR count). The molecular weight excluding hydrogens is 364 g/mol. The molecule has 28 heavy (non-hydrogen) atoms. The lowest BCUT2D eigenvalue weighted by molar-refractivity contribution is 0.0275. The fraction of sp³-hybridized carbons (Fsp3) is 0.579. The molecule has 1 amide bonds. The molecule has 1 aliphatic heterocycles. The molecule has 1 saturated heterocycles. The minimum absolute atomic E-state index is 0.114. The number of likely N-dealkylation sites (tertiary alicyclic amines) is 1. The van der Waals surface area contributed by atoms with Crippen LogP contribution in [0.5, 0.6) is 5.75 Å². The third-order valence-corrected chi connectivity index (χ3v) is 4.20. The first-order valence-corrected chi connectivity index (χ1v) is 9.22. The number of aromatic nitrogens is 3. The number of hydrogen-bond donors (Lipinski definition) is 0. The molecular formula is C19H26N4O5. The molecule has 9 heteroatoms. The van der Waals surface area contributed by atoms with Crippen molar-refractivity contribution in [2.45, 2.75) is 51.9 Å². The maximum atomic E-state index is 12.2. The Hall–Kier alpha value is -2.68. The fourth-order valence-electron chi connectivity index (χ4n) is 2.72. The van der Waals surface area contributed by atoms with Gasteiger partial charge in [-0.3, -0.25) is 4.98 Å². The first-order chi connectivity index (χ1) is 13.2. The minimum Gasteiger partial charge on any atom is -0.488 e. The summed E-state index contributed by atoms with van der Waals surface area (Å²) in [5.41, 5.74) is 0.0255. The smallest absolute Gasteiger partial charge is 0.410 e. The minimum atomic E-state index is -0.514. The molecule has 0 spiro atoms. The van der Waals surface area contributed by atoms with Crippen molar-refractivity contribution in [3.63, 3.8) is 0 Å². The Balaban J connectivity index is 1.62. The van der Waals surface area contributed by atoms with E-state index in [0.29, 0.717) is 36.2 Å². The average Bonchev–Trinajstić information content (AvgIpc) is 3.29. The second kappa shape index (κ2) is 8.14. The van der Waals surface area contributed by atoms with Gasteiger partial charge in [0.05, 0.1) is 6.54 Å². The maximum Gasteiger partial charge on any atom is 0.410 e. The van der Waals surface area contributed by atoms with Crippen LogP contribution in [0.15, 0.2) is 22.9 Å². The van der Waals surface area contributed by atoms with Crippen molar-refractivity contribution < 1.29 is 23.5 Å². The van der Waals surface area contributed by atoms with Gasteiger partial charge in [-0.1, -0.05) is 5.16 Å². The van der Waals surface area contributed by atoms with E-state index < -0.39 is 5.60 Å². The molecule has 152 valence electrons. The van der Waals surface area contributed by atoms with Gasteiger partial charge in [-0.25, -0.2) is 4.79 Å². The number of methoxy groups -OCH3 is 1. The van der Waals surface area contributed by atoms with E-state index in [0.717, 1.165) is 6.42 Å². The highest BCUT2D eigenvalue weighted by atomic mass is 16.6. The van der Waals surface area contributed by atoms with E-state index in [1.54, 1.807) is 30.3 Å². The van der Waals surface area contributed by atoms with Crippen LogP contribution < -0.4 is 4.74 Å². The molecule has 0 radical (unpaired) electrons. The predicted octanol–water partition coefficient (Wildman–Crippen LogP) is 3.23. The van der Waals surface area contributed by atoms with Gasteiger partial charge in [-0.15, -0.1) is 0 Å². The number of ether oxygens (including phenoxy) is 3. The van der Waals surface area contributed by atoms with Gasteiger partial charge in [-0.05, 0) is 33.8 Å². The quantitative estimate of drug-likeness (QED) is 0.767. The number of pyridine rings is 1. The van der Waals surface area contributed by atoms with Gasteiger partial charge in [-0.2, -0.15) is 4.98 Å². The van der Waals surface area contributed by atoms with Gasteiger partial charge in [0.2, 0.25) is 5.82 Å². The summed E-state index contributed by atoms with van der Waals surface area (Å²) in [6, 6.07) is 3.51. The zero-order valence-corrected chi connectivity index (χ0v) is 16.8. The highest BCUT2D eigenvalue weighted by molar-refractivity contribution is 5.68. The fourth-order valence-corrected chi connectivity index (χ4v) is 2.72. The van der Waals surface area contributed by atoms with Gasteiger partial charge >= 0.3 is 6.09 Å². The Bertz CT molecular complexity index is 817. The maximum absolute atomic E-state index is 12.2. The highest BCUT2D eigenvalue weighted by Gasteiger charge is 2.31. The molecule has 0 bridgehead atoms. The number of nitrogens with zero attached hydrogens (tertiary/aromatic N) is 4. The van der Waals surface area contributed by atoms with E-state index in [9.17, 15) is 4.79 Å². The third kappa shape index (κ3) is 4.98. The predicted molar refractivity (Wildman–Crippen MR) is 99.8 cm³/mol. The molecule has 1 aliphatic rings. The van der Waals surface area contributed by atoms with Crippen molar-refractivity contribution >= 4 is 6.09 Å². The summed E-state index contributed by atoms with van der Waals surface area (Å²) in [6.07, 6.45) is 1.63. The zero-order valence-electron chi connectivity index (χ0n) is 16.8. The number of carbonyl (C=O) groups excluding carboxylic acids is 1. The van der Waals surface area contributed by atoms with E-state index >= 15 is 0 Å². The topological polar surface area (TPSA) is 99.8 Å². The van der Waals surface area contributed by atoms with Gasteiger partial charge in [0.15, 0.2) is 0 Å². The van der Waals surface area contributed by atoms with Crippen LogP contribution in [0, 0.1) is 0 Å². The molecule has 2 atom stereocenters. The van der Waals surface area contributed by atoms with Gasteiger partial charge in [0.1, 0.15) is 29.3 Å². The monoisotopic (exact) mass is 390 g/mol. The SMILES string of the molecule is CO[C@@H](C)c1nc(-c2cc(OC3CCN(C(=O)OC(C)(C)C)C3)ccn2)no1. The lowest BCUT2D eigenvalue weighted by atomic mass is 10.2. The molecule has 2 aromatic heterocycles. The Morgan fingerprint density at radius 1 is 1.39 bits per heavy atom. The van der Waals surface area contributed by atoms with Crippen LogP contribution in [0.25, 0.3) is 11.5 Å². The van der Waals surface area contributed by atoms with Crippen LogP contribution in [-0.2, 0) is 9.47 Å². The Morgan fingerprint density at radius 3 is 2.89 bits per heavy atom. The Morgan fingerprint density at radius 2 is 2.18 bits per heavy atom. The van der Waals surface area contributed by atoms with Crippen LogP contribution >= 0.6 is 0 Å². The van der Waals surface area contributed by atoms with E-state index in [2.05, 4.69) is 15.1 Å². The van der Waals surface area contributed by atoms with Crippen molar-refractivity contribution in [3.05, 3.63) is 24.2 Å². The molecule has 0 aliphatic carbocycles. The molecule has 1 fully saturated rings. The first-order valence-electron chi connectivity index (χ1n) is 9.22. The summed E-state index contributed by atoms with van der Waals surface area (Å²) >= 11 is 0. The summed E-state index contributed by atoms with van der Waals surface area (Å²) in [7, 11) is 1.57. The van der Waals surface area contributed by atoms with Crippen LogP contribution in [0.1, 0.15) is 46.1 Å². The van der Waals surface area contributed by atoms with Gasteiger partial charge < -0.3 is 23.6 Å². The van der Waals surface area contributed by atoms with Crippen LogP contribution in [0.2, 0.25) is 0 Å². The summed E-state index contributed by atoms with van der Waals surface area (Å²) in [5, 5.41) is 3.94. The zero-order chi connectivity index (χ0) is 20.3. The Labute approximate surface area is 164 Å². The lowest BCUT2D eigenvalue weighted by Crippen LogP contribution is -2.36. The molecule has 0 aromatic carbocycles. The number of hydrogen-bond acceptors (Lipinski definition) is 8. The van der Waals surface area contributed by atoms with Crippen LogP contribution in [0.3, 0.4) is 0 Å². The normalized spacial score (nSPS) is 18.2. The van der Waals surface area contributed by atoms with Gasteiger partial charge in [0.25, 0.3) is 5.89 Å². The number of amides is 1. The van der Waals surface area contributed by atoms with Crippen LogP contribution in [-0.4, -0.2) is 58.0 Å². The van der Waals surface area contributed by atoms with Crippen molar-refractivity contribution in [1.82, 2.24) is 20.0 Å². The second-order valence-electron chi connectivity index (χ2n) is 7.67. The summed E-state index contributed by atoms with van der Waals surface area (Å²) in [5.74, 6) is 1.38.